The molecule has 11 nitrogen and oxygen atoms in total. The van der Waals surface area contributed by atoms with Crippen molar-refractivity contribution in [3.05, 3.63) is 29.8 Å². The summed E-state index contributed by atoms with van der Waals surface area (Å²) in [7, 11) is -4.12. The summed E-state index contributed by atoms with van der Waals surface area (Å²) in [4.78, 5) is 25.5. The molecule has 3 fully saturated rings. The van der Waals surface area contributed by atoms with E-state index in [4.69, 9.17) is 18.9 Å². The van der Waals surface area contributed by atoms with Crippen LogP contribution in [0.2, 0.25) is 0 Å². The lowest BCUT2D eigenvalue weighted by Gasteiger charge is -2.44. The van der Waals surface area contributed by atoms with Crippen LogP contribution < -0.4 is 15.4 Å². The fraction of sp³-hybridized carbons (Fsp3) is 0.667. The summed E-state index contributed by atoms with van der Waals surface area (Å²) in [6.45, 7) is 13.8. The van der Waals surface area contributed by atoms with Crippen LogP contribution in [-0.2, 0) is 29.0 Å². The van der Waals surface area contributed by atoms with Gasteiger partial charge in [0.2, 0.25) is 10.0 Å². The Balaban J connectivity index is 1.83. The number of amides is 2. The summed E-state index contributed by atoms with van der Waals surface area (Å²) in [5.74, 6) is -1.09. The number of carbonyl (C=O) groups is 2. The van der Waals surface area contributed by atoms with Crippen molar-refractivity contribution < 1.29 is 37.0 Å². The Labute approximate surface area is 211 Å². The summed E-state index contributed by atoms with van der Waals surface area (Å²) in [6, 6.07) is 4.23. The maximum Gasteiger partial charge on any atom is 0.408 e. The molecule has 3 aliphatic rings. The van der Waals surface area contributed by atoms with E-state index in [-0.39, 0.29) is 4.90 Å². The van der Waals surface area contributed by atoms with Gasteiger partial charge in [-0.2, -0.15) is 0 Å². The maximum atomic E-state index is 13.5. The van der Waals surface area contributed by atoms with Gasteiger partial charge in [-0.1, -0.05) is 17.7 Å². The molecule has 1 saturated carbocycles. The number of sulfonamides is 1. The SMILES string of the molecule is Cc1ccc(S(=O)(=O)N[C@H]2[C@H](NC(=O)OC(C)(C)C)C3OC(C)(C)O[C@]3(C)[C@@]23NC(=O)O[C@H]3C)cc1. The monoisotopic (exact) mass is 525 g/mol. The Morgan fingerprint density at radius 3 is 2.28 bits per heavy atom. The van der Waals surface area contributed by atoms with Gasteiger partial charge < -0.3 is 29.6 Å². The third-order valence-electron chi connectivity index (χ3n) is 6.94. The number of hydrogen-bond donors (Lipinski definition) is 3. The van der Waals surface area contributed by atoms with Crippen molar-refractivity contribution in [2.45, 2.75) is 107 Å². The van der Waals surface area contributed by atoms with Crippen molar-refractivity contribution >= 4 is 22.2 Å². The molecule has 2 aliphatic heterocycles. The van der Waals surface area contributed by atoms with E-state index in [0.29, 0.717) is 0 Å². The molecular weight excluding hydrogens is 490 g/mol. The lowest BCUT2D eigenvalue weighted by atomic mass is 9.77. The number of alkyl carbamates (subject to hydrolysis) is 2. The topological polar surface area (TPSA) is 141 Å². The second-order valence-electron chi connectivity index (χ2n) is 11.3. The number of aryl methyl sites for hydroxylation is 1. The van der Waals surface area contributed by atoms with Gasteiger partial charge in [-0.3, -0.25) is 0 Å². The van der Waals surface area contributed by atoms with Gasteiger partial charge in [0, 0.05) is 0 Å². The molecule has 1 unspecified atom stereocenters. The summed E-state index contributed by atoms with van der Waals surface area (Å²) >= 11 is 0. The molecule has 4 rings (SSSR count). The minimum Gasteiger partial charge on any atom is -0.444 e. The first-order valence-electron chi connectivity index (χ1n) is 11.9. The summed E-state index contributed by atoms with van der Waals surface area (Å²) in [5, 5.41) is 5.62. The van der Waals surface area contributed by atoms with Gasteiger partial charge in [0.1, 0.15) is 28.9 Å². The zero-order chi connectivity index (χ0) is 26.9. The van der Waals surface area contributed by atoms with Crippen LogP contribution in [0.5, 0.6) is 0 Å². The third kappa shape index (κ3) is 4.33. The summed E-state index contributed by atoms with van der Waals surface area (Å²) < 4.78 is 53.3. The molecule has 2 saturated heterocycles. The number of cyclic esters (lactones) is 1. The van der Waals surface area contributed by atoms with Crippen LogP contribution in [-0.4, -0.2) is 67.4 Å². The van der Waals surface area contributed by atoms with Crippen LogP contribution in [0, 0.1) is 6.92 Å². The molecule has 2 heterocycles. The van der Waals surface area contributed by atoms with Crippen molar-refractivity contribution in [3.8, 4) is 0 Å². The molecule has 200 valence electrons. The van der Waals surface area contributed by atoms with E-state index in [2.05, 4.69) is 15.4 Å². The van der Waals surface area contributed by atoms with Crippen LogP contribution in [0.1, 0.15) is 54.0 Å². The van der Waals surface area contributed by atoms with Crippen LogP contribution in [0.25, 0.3) is 0 Å². The summed E-state index contributed by atoms with van der Waals surface area (Å²) in [6.07, 6.45) is -3.20. The van der Waals surface area contributed by atoms with Crippen molar-refractivity contribution in [1.82, 2.24) is 15.4 Å². The number of ether oxygens (including phenoxy) is 4. The number of benzene rings is 1. The number of rotatable bonds is 4. The average molecular weight is 526 g/mol. The third-order valence-corrected chi connectivity index (χ3v) is 8.40. The van der Waals surface area contributed by atoms with E-state index in [1.165, 1.54) is 12.1 Å². The molecule has 1 aromatic carbocycles. The second kappa shape index (κ2) is 8.30. The molecule has 3 N–H and O–H groups in total. The molecule has 0 bridgehead atoms. The standard InChI is InChI=1S/C24H35N3O8S/c1-13-9-11-15(12-10-13)36(30,31)27-17-16(25-19(28)34-21(3,4)5)18-23(8,35-22(6,7)33-18)24(17)14(2)32-20(29)26-24/h9-12,14,16-18,27H,1-8H3,(H,25,28)(H,26,29)/t14-,16-,17-,18?,23-,24-/m0/s1. The Hall–Kier alpha value is -2.41. The van der Waals surface area contributed by atoms with Gasteiger partial charge in [-0.25, -0.2) is 22.7 Å². The Bertz CT molecular complexity index is 1160. The molecule has 2 amide bonds. The van der Waals surface area contributed by atoms with Gasteiger partial charge >= 0.3 is 12.2 Å². The fourth-order valence-corrected chi connectivity index (χ4v) is 6.94. The minimum atomic E-state index is -4.12. The first-order chi connectivity index (χ1) is 16.4. The highest BCUT2D eigenvalue weighted by molar-refractivity contribution is 7.89. The lowest BCUT2D eigenvalue weighted by molar-refractivity contribution is -0.186. The highest BCUT2D eigenvalue weighted by Gasteiger charge is 2.79. The molecule has 1 spiro atoms. The van der Waals surface area contributed by atoms with Crippen molar-refractivity contribution in [2.75, 3.05) is 0 Å². The van der Waals surface area contributed by atoms with Crippen molar-refractivity contribution in [1.29, 1.82) is 0 Å². The highest BCUT2D eigenvalue weighted by Crippen LogP contribution is 2.55. The molecule has 12 heteroatoms. The number of fused-ring (bicyclic) bond motifs is 2. The minimum absolute atomic E-state index is 0.0292. The highest BCUT2D eigenvalue weighted by atomic mass is 32.2. The number of nitrogens with one attached hydrogen (secondary N) is 3. The molecule has 0 aromatic heterocycles. The average Bonchev–Trinajstić information content (AvgIpc) is 3.21. The molecule has 36 heavy (non-hydrogen) atoms. The van der Waals surface area contributed by atoms with E-state index in [1.807, 2.05) is 6.92 Å². The number of hydrogen-bond acceptors (Lipinski definition) is 8. The van der Waals surface area contributed by atoms with Crippen LogP contribution in [0.4, 0.5) is 9.59 Å². The zero-order valence-corrected chi connectivity index (χ0v) is 22.6. The predicted molar refractivity (Wildman–Crippen MR) is 129 cm³/mol. The number of carbonyl (C=O) groups excluding carboxylic acids is 2. The van der Waals surface area contributed by atoms with E-state index in [9.17, 15) is 18.0 Å². The zero-order valence-electron chi connectivity index (χ0n) is 21.8. The largest absolute Gasteiger partial charge is 0.444 e. The predicted octanol–water partition coefficient (Wildman–Crippen LogP) is 2.33. The smallest absolute Gasteiger partial charge is 0.408 e. The van der Waals surface area contributed by atoms with Crippen LogP contribution >= 0.6 is 0 Å². The Morgan fingerprint density at radius 2 is 1.75 bits per heavy atom. The molecule has 1 aromatic rings. The van der Waals surface area contributed by atoms with Gasteiger partial charge in [-0.05, 0) is 67.5 Å². The molecular formula is C24H35N3O8S. The fourth-order valence-electron chi connectivity index (χ4n) is 5.65. The molecule has 6 atom stereocenters. The second-order valence-corrected chi connectivity index (χ2v) is 13.0. The maximum absolute atomic E-state index is 13.5. The van der Waals surface area contributed by atoms with Crippen LogP contribution in [0.15, 0.2) is 29.2 Å². The molecule has 0 radical (unpaired) electrons. The van der Waals surface area contributed by atoms with Crippen molar-refractivity contribution in [3.63, 3.8) is 0 Å². The molecule has 1 aliphatic carbocycles. The van der Waals surface area contributed by atoms with Gasteiger partial charge in [-0.15, -0.1) is 0 Å². The first-order valence-corrected chi connectivity index (χ1v) is 13.3. The van der Waals surface area contributed by atoms with Gasteiger partial charge in [0.25, 0.3) is 0 Å². The quantitative estimate of drug-likeness (QED) is 0.544. The lowest BCUT2D eigenvalue weighted by Crippen LogP contribution is -2.72. The van der Waals surface area contributed by atoms with E-state index in [1.54, 1.807) is 60.6 Å². The van der Waals surface area contributed by atoms with E-state index >= 15 is 0 Å². The van der Waals surface area contributed by atoms with Gasteiger partial charge in [0.15, 0.2) is 5.79 Å². The summed E-state index contributed by atoms with van der Waals surface area (Å²) in [5.41, 5.74) is -2.63. The van der Waals surface area contributed by atoms with Gasteiger partial charge in [0.05, 0.1) is 17.0 Å². The Morgan fingerprint density at radius 1 is 1.14 bits per heavy atom. The normalized spacial score (nSPS) is 35.3. The first kappa shape index (κ1) is 26.6. The Kier molecular flexibility index (Phi) is 6.15. The van der Waals surface area contributed by atoms with Crippen LogP contribution in [0.3, 0.4) is 0 Å². The van der Waals surface area contributed by atoms with E-state index in [0.717, 1.165) is 5.56 Å². The van der Waals surface area contributed by atoms with Crippen molar-refractivity contribution in [2.24, 2.45) is 0 Å². The van der Waals surface area contributed by atoms with E-state index < -0.39 is 69.0 Å².